The highest BCUT2D eigenvalue weighted by atomic mass is 16.4. The SMILES string of the molecule is CC(C)[C@H](C)C[C@H](N)C(=O)O. The van der Waals surface area contributed by atoms with Gasteiger partial charge in [0.15, 0.2) is 0 Å². The van der Waals surface area contributed by atoms with Crippen LogP contribution in [0.3, 0.4) is 0 Å². The third kappa shape index (κ3) is 3.98. The summed E-state index contributed by atoms with van der Waals surface area (Å²) in [6.07, 6.45) is 0.562. The number of hydrogen-bond donors (Lipinski definition) is 2. The summed E-state index contributed by atoms with van der Waals surface area (Å²) in [6, 6.07) is -0.701. The molecular weight excluding hydrogens is 142 g/mol. The van der Waals surface area contributed by atoms with Crippen molar-refractivity contribution in [1.29, 1.82) is 0 Å². The van der Waals surface area contributed by atoms with Crippen molar-refractivity contribution >= 4 is 5.97 Å². The zero-order valence-corrected chi connectivity index (χ0v) is 7.37. The van der Waals surface area contributed by atoms with E-state index in [0.717, 1.165) is 0 Å². The average Bonchev–Trinajstić information content (AvgIpc) is 1.87. The quantitative estimate of drug-likeness (QED) is 0.645. The zero-order chi connectivity index (χ0) is 9.02. The van der Waals surface area contributed by atoms with Gasteiger partial charge in [-0.05, 0) is 18.3 Å². The van der Waals surface area contributed by atoms with Crippen LogP contribution in [-0.4, -0.2) is 17.1 Å². The molecule has 0 aromatic rings. The number of nitrogens with two attached hydrogens (primary N) is 1. The minimum absolute atomic E-state index is 0.376. The second kappa shape index (κ2) is 4.34. The molecule has 3 N–H and O–H groups in total. The normalized spacial score (nSPS) is 16.5. The van der Waals surface area contributed by atoms with Gasteiger partial charge in [0, 0.05) is 0 Å². The van der Waals surface area contributed by atoms with Crippen molar-refractivity contribution in [3.8, 4) is 0 Å². The first-order valence-corrected chi connectivity index (χ1v) is 3.93. The van der Waals surface area contributed by atoms with E-state index in [1.165, 1.54) is 0 Å². The van der Waals surface area contributed by atoms with Gasteiger partial charge in [-0.3, -0.25) is 4.79 Å². The molecule has 0 heterocycles. The van der Waals surface area contributed by atoms with Gasteiger partial charge < -0.3 is 10.8 Å². The van der Waals surface area contributed by atoms with Crippen molar-refractivity contribution < 1.29 is 9.90 Å². The molecule has 0 aromatic heterocycles. The molecule has 11 heavy (non-hydrogen) atoms. The van der Waals surface area contributed by atoms with Crippen LogP contribution in [0.2, 0.25) is 0 Å². The first kappa shape index (κ1) is 10.4. The van der Waals surface area contributed by atoms with Crippen molar-refractivity contribution in [3.05, 3.63) is 0 Å². The van der Waals surface area contributed by atoms with Crippen molar-refractivity contribution in [1.82, 2.24) is 0 Å². The zero-order valence-electron chi connectivity index (χ0n) is 7.37. The molecular formula is C8H17NO2. The maximum atomic E-state index is 10.3. The second-order valence-corrected chi connectivity index (χ2v) is 3.40. The summed E-state index contributed by atoms with van der Waals surface area (Å²) >= 11 is 0. The van der Waals surface area contributed by atoms with E-state index in [9.17, 15) is 4.79 Å². The molecule has 0 unspecified atom stereocenters. The Kier molecular flexibility index (Phi) is 4.11. The highest BCUT2D eigenvalue weighted by Crippen LogP contribution is 2.14. The molecule has 0 radical (unpaired) electrons. The van der Waals surface area contributed by atoms with Crippen molar-refractivity contribution in [2.45, 2.75) is 33.2 Å². The number of aliphatic carboxylic acids is 1. The number of carboxylic acids is 1. The van der Waals surface area contributed by atoms with Crippen LogP contribution in [-0.2, 0) is 4.79 Å². The van der Waals surface area contributed by atoms with Crippen LogP contribution in [0.5, 0.6) is 0 Å². The molecule has 0 rings (SSSR count). The van der Waals surface area contributed by atoms with E-state index in [1.807, 2.05) is 6.92 Å². The van der Waals surface area contributed by atoms with E-state index in [4.69, 9.17) is 10.8 Å². The van der Waals surface area contributed by atoms with Crippen LogP contribution >= 0.6 is 0 Å². The van der Waals surface area contributed by atoms with Gasteiger partial charge in [-0.1, -0.05) is 20.8 Å². The predicted molar refractivity (Wildman–Crippen MR) is 44.2 cm³/mol. The van der Waals surface area contributed by atoms with Gasteiger partial charge in [-0.15, -0.1) is 0 Å². The third-order valence-electron chi connectivity index (χ3n) is 2.08. The molecule has 3 heteroatoms. The van der Waals surface area contributed by atoms with Gasteiger partial charge in [0.2, 0.25) is 0 Å². The summed E-state index contributed by atoms with van der Waals surface area (Å²) in [7, 11) is 0. The minimum Gasteiger partial charge on any atom is -0.480 e. The van der Waals surface area contributed by atoms with Crippen LogP contribution in [0.15, 0.2) is 0 Å². The largest absolute Gasteiger partial charge is 0.480 e. The molecule has 0 saturated heterocycles. The molecule has 66 valence electrons. The fourth-order valence-electron chi connectivity index (χ4n) is 0.774. The van der Waals surface area contributed by atoms with Gasteiger partial charge in [0.05, 0.1) is 0 Å². The van der Waals surface area contributed by atoms with Crippen LogP contribution in [0.4, 0.5) is 0 Å². The lowest BCUT2D eigenvalue weighted by Crippen LogP contribution is -2.32. The number of carboxylic acid groups (broad SMARTS) is 1. The highest BCUT2D eigenvalue weighted by molar-refractivity contribution is 5.72. The monoisotopic (exact) mass is 159 g/mol. The summed E-state index contributed by atoms with van der Waals surface area (Å²) in [6.45, 7) is 6.16. The Morgan fingerprint density at radius 3 is 2.18 bits per heavy atom. The second-order valence-electron chi connectivity index (χ2n) is 3.40. The van der Waals surface area contributed by atoms with E-state index >= 15 is 0 Å². The molecule has 2 atom stereocenters. The van der Waals surface area contributed by atoms with E-state index in [1.54, 1.807) is 0 Å². The molecule has 0 fully saturated rings. The summed E-state index contributed by atoms with van der Waals surface area (Å²) in [5, 5.41) is 8.49. The minimum atomic E-state index is -0.905. The molecule has 0 saturated carbocycles. The Balaban J connectivity index is 3.75. The first-order valence-electron chi connectivity index (χ1n) is 3.93. The third-order valence-corrected chi connectivity index (χ3v) is 2.08. The van der Waals surface area contributed by atoms with Crippen LogP contribution in [0.25, 0.3) is 0 Å². The van der Waals surface area contributed by atoms with Gasteiger partial charge in [0.1, 0.15) is 6.04 Å². The summed E-state index contributed by atoms with van der Waals surface area (Å²) < 4.78 is 0. The standard InChI is InChI=1S/C8H17NO2/c1-5(2)6(3)4-7(9)8(10)11/h5-7H,4,9H2,1-3H3,(H,10,11)/t6-,7+/m1/s1. The summed E-state index contributed by atoms with van der Waals surface area (Å²) in [5.74, 6) is -0.0287. The molecule has 0 bridgehead atoms. The molecule has 0 amide bonds. The topological polar surface area (TPSA) is 63.3 Å². The van der Waals surface area contributed by atoms with Crippen molar-refractivity contribution in [2.75, 3.05) is 0 Å². The lowest BCUT2D eigenvalue weighted by atomic mass is 9.91. The van der Waals surface area contributed by atoms with E-state index in [-0.39, 0.29) is 0 Å². The van der Waals surface area contributed by atoms with E-state index in [2.05, 4.69) is 13.8 Å². The Labute approximate surface area is 67.6 Å². The Hall–Kier alpha value is -0.570. The van der Waals surface area contributed by atoms with Crippen LogP contribution < -0.4 is 5.73 Å². The lowest BCUT2D eigenvalue weighted by Gasteiger charge is -2.17. The Morgan fingerprint density at radius 2 is 1.91 bits per heavy atom. The van der Waals surface area contributed by atoms with Crippen LogP contribution in [0.1, 0.15) is 27.2 Å². The molecule has 0 aliphatic heterocycles. The fourth-order valence-corrected chi connectivity index (χ4v) is 0.774. The Bertz CT molecular complexity index is 134. The van der Waals surface area contributed by atoms with Crippen molar-refractivity contribution in [2.24, 2.45) is 17.6 Å². The highest BCUT2D eigenvalue weighted by Gasteiger charge is 2.17. The fraction of sp³-hybridized carbons (Fsp3) is 0.875. The number of rotatable bonds is 4. The van der Waals surface area contributed by atoms with Gasteiger partial charge in [-0.25, -0.2) is 0 Å². The van der Waals surface area contributed by atoms with E-state index < -0.39 is 12.0 Å². The molecule has 0 spiro atoms. The maximum Gasteiger partial charge on any atom is 0.320 e. The van der Waals surface area contributed by atoms with Gasteiger partial charge >= 0.3 is 5.97 Å². The predicted octanol–water partition coefficient (Wildman–Crippen LogP) is 1.08. The lowest BCUT2D eigenvalue weighted by molar-refractivity contribution is -0.139. The molecule has 0 aliphatic rings. The van der Waals surface area contributed by atoms with Gasteiger partial charge in [-0.2, -0.15) is 0 Å². The smallest absolute Gasteiger partial charge is 0.320 e. The summed E-state index contributed by atoms with van der Waals surface area (Å²) in [5.41, 5.74) is 5.36. The summed E-state index contributed by atoms with van der Waals surface area (Å²) in [4.78, 5) is 10.3. The Morgan fingerprint density at radius 1 is 1.45 bits per heavy atom. The van der Waals surface area contributed by atoms with E-state index in [0.29, 0.717) is 18.3 Å². The number of hydrogen-bond acceptors (Lipinski definition) is 2. The maximum absolute atomic E-state index is 10.3. The number of carbonyl (C=O) groups is 1. The average molecular weight is 159 g/mol. The molecule has 0 aromatic carbocycles. The molecule has 0 aliphatic carbocycles. The van der Waals surface area contributed by atoms with Crippen LogP contribution in [0, 0.1) is 11.8 Å². The van der Waals surface area contributed by atoms with Crippen molar-refractivity contribution in [3.63, 3.8) is 0 Å². The molecule has 3 nitrogen and oxygen atoms in total. The first-order chi connectivity index (χ1) is 4.95. The van der Waals surface area contributed by atoms with Gasteiger partial charge in [0.25, 0.3) is 0 Å².